The Hall–Kier alpha value is -2.43. The van der Waals surface area contributed by atoms with Crippen molar-refractivity contribution in [1.29, 1.82) is 0 Å². The maximum atomic E-state index is 11.0. The summed E-state index contributed by atoms with van der Waals surface area (Å²) in [4.78, 5) is 19.0. The van der Waals surface area contributed by atoms with E-state index in [4.69, 9.17) is 5.11 Å². The molecule has 19 heavy (non-hydrogen) atoms. The lowest BCUT2D eigenvalue weighted by atomic mass is 10.1. The molecule has 0 fully saturated rings. The predicted molar refractivity (Wildman–Crippen MR) is 72.9 cm³/mol. The van der Waals surface area contributed by atoms with Gasteiger partial charge in [0.25, 0.3) is 0 Å². The molecule has 0 saturated heterocycles. The van der Waals surface area contributed by atoms with Gasteiger partial charge < -0.3 is 10.4 Å². The summed E-state index contributed by atoms with van der Waals surface area (Å²) in [5, 5.41) is 12.1. The highest BCUT2D eigenvalue weighted by Crippen LogP contribution is 2.21. The Kier molecular flexibility index (Phi) is 3.46. The van der Waals surface area contributed by atoms with Gasteiger partial charge in [-0.1, -0.05) is 12.1 Å². The molecule has 0 amide bonds. The molecular weight excluding hydrogens is 242 g/mol. The number of aromatic nitrogens is 2. The first kappa shape index (κ1) is 13.0. The molecule has 1 heterocycles. The third-order valence-corrected chi connectivity index (χ3v) is 2.71. The van der Waals surface area contributed by atoms with Crippen LogP contribution in [0.15, 0.2) is 24.3 Å². The van der Waals surface area contributed by atoms with E-state index in [1.165, 1.54) is 6.07 Å². The molecule has 98 valence electrons. The number of nitrogens with zero attached hydrogens (tertiary/aromatic N) is 2. The van der Waals surface area contributed by atoms with Gasteiger partial charge in [0.15, 0.2) is 5.69 Å². The van der Waals surface area contributed by atoms with Gasteiger partial charge >= 0.3 is 5.97 Å². The molecule has 5 nitrogen and oxygen atoms in total. The Bertz CT molecular complexity index is 639. The second kappa shape index (κ2) is 5.06. The van der Waals surface area contributed by atoms with Gasteiger partial charge in [0.05, 0.1) is 0 Å². The molecule has 0 saturated carbocycles. The number of nitrogens with one attached hydrogen (secondary N) is 1. The van der Waals surface area contributed by atoms with Crippen molar-refractivity contribution < 1.29 is 9.90 Å². The Labute approximate surface area is 111 Å². The van der Waals surface area contributed by atoms with Crippen LogP contribution in [-0.2, 0) is 0 Å². The van der Waals surface area contributed by atoms with Crippen LogP contribution >= 0.6 is 0 Å². The number of hydrogen-bond acceptors (Lipinski definition) is 4. The number of anilines is 2. The van der Waals surface area contributed by atoms with Crippen LogP contribution in [0.25, 0.3) is 0 Å². The fourth-order valence-electron chi connectivity index (χ4n) is 1.75. The van der Waals surface area contributed by atoms with Crippen LogP contribution in [0.5, 0.6) is 0 Å². The third-order valence-electron chi connectivity index (χ3n) is 2.71. The lowest BCUT2D eigenvalue weighted by Crippen LogP contribution is -2.06. The summed E-state index contributed by atoms with van der Waals surface area (Å²) in [5.41, 5.74) is 3.09. The van der Waals surface area contributed by atoms with Gasteiger partial charge in [-0.05, 0) is 38.0 Å². The van der Waals surface area contributed by atoms with Crippen molar-refractivity contribution in [1.82, 2.24) is 9.97 Å². The molecule has 0 aliphatic heterocycles. The van der Waals surface area contributed by atoms with E-state index >= 15 is 0 Å². The molecule has 0 aliphatic rings. The van der Waals surface area contributed by atoms with Crippen LogP contribution in [0.1, 0.15) is 27.4 Å². The van der Waals surface area contributed by atoms with Crippen LogP contribution in [0.2, 0.25) is 0 Å². The van der Waals surface area contributed by atoms with Gasteiger partial charge in [-0.25, -0.2) is 14.8 Å². The Morgan fingerprint density at radius 1 is 1.16 bits per heavy atom. The van der Waals surface area contributed by atoms with E-state index in [9.17, 15) is 4.79 Å². The molecular formula is C14H15N3O2. The van der Waals surface area contributed by atoms with Crippen molar-refractivity contribution in [2.24, 2.45) is 0 Å². The first-order valence-electron chi connectivity index (χ1n) is 5.89. The summed E-state index contributed by atoms with van der Waals surface area (Å²) < 4.78 is 0. The molecule has 0 radical (unpaired) electrons. The van der Waals surface area contributed by atoms with Gasteiger partial charge in [-0.2, -0.15) is 0 Å². The Morgan fingerprint density at radius 2 is 1.89 bits per heavy atom. The van der Waals surface area contributed by atoms with Crippen molar-refractivity contribution in [3.05, 3.63) is 46.9 Å². The second-order valence-corrected chi connectivity index (χ2v) is 4.43. The van der Waals surface area contributed by atoms with Crippen molar-refractivity contribution in [2.75, 3.05) is 5.32 Å². The number of hydrogen-bond donors (Lipinski definition) is 2. The van der Waals surface area contributed by atoms with E-state index < -0.39 is 5.97 Å². The predicted octanol–water partition coefficient (Wildman–Crippen LogP) is 2.84. The molecule has 0 aliphatic carbocycles. The first-order valence-corrected chi connectivity index (χ1v) is 5.89. The summed E-state index contributed by atoms with van der Waals surface area (Å²) in [7, 11) is 0. The molecule has 1 aromatic heterocycles. The number of carboxylic acids is 1. The van der Waals surface area contributed by atoms with Gasteiger partial charge in [0.2, 0.25) is 0 Å². The zero-order valence-electron chi connectivity index (χ0n) is 11.1. The van der Waals surface area contributed by atoms with E-state index in [1.54, 1.807) is 6.92 Å². The quantitative estimate of drug-likeness (QED) is 0.884. The van der Waals surface area contributed by atoms with E-state index in [0.717, 1.165) is 16.8 Å². The van der Waals surface area contributed by atoms with Crippen molar-refractivity contribution in [2.45, 2.75) is 20.8 Å². The number of benzene rings is 1. The summed E-state index contributed by atoms with van der Waals surface area (Å²) in [5.74, 6) is -0.152. The lowest BCUT2D eigenvalue weighted by molar-refractivity contribution is 0.0690. The highest BCUT2D eigenvalue weighted by atomic mass is 16.4. The Morgan fingerprint density at radius 3 is 2.58 bits per heavy atom. The number of aromatic carboxylic acids is 1. The third kappa shape index (κ3) is 3.07. The van der Waals surface area contributed by atoms with Crippen LogP contribution in [0, 0.1) is 20.8 Å². The minimum absolute atomic E-state index is 0.0136. The van der Waals surface area contributed by atoms with Crippen LogP contribution in [0.4, 0.5) is 11.5 Å². The fourth-order valence-corrected chi connectivity index (χ4v) is 1.75. The fraction of sp³-hybridized carbons (Fsp3) is 0.214. The summed E-state index contributed by atoms with van der Waals surface area (Å²) in [6.45, 7) is 5.65. The molecule has 5 heteroatoms. The molecule has 2 aromatic rings. The smallest absolute Gasteiger partial charge is 0.354 e. The summed E-state index contributed by atoms with van der Waals surface area (Å²) in [6.07, 6.45) is 0. The van der Waals surface area contributed by atoms with E-state index in [0.29, 0.717) is 11.6 Å². The molecule has 0 spiro atoms. The topological polar surface area (TPSA) is 75.1 Å². The standard InChI is InChI=1S/C14H15N3O2/c1-8-4-5-9(2)11(6-8)17-13-7-12(14(18)19)15-10(3)16-13/h4-7H,1-3H3,(H,18,19)(H,15,16,17). The SMILES string of the molecule is Cc1ccc(C)c(Nc2cc(C(=O)O)nc(C)n2)c1. The zero-order valence-corrected chi connectivity index (χ0v) is 11.1. The second-order valence-electron chi connectivity index (χ2n) is 4.43. The van der Waals surface area contributed by atoms with E-state index in [-0.39, 0.29) is 5.69 Å². The maximum absolute atomic E-state index is 11.0. The highest BCUT2D eigenvalue weighted by molar-refractivity contribution is 5.86. The highest BCUT2D eigenvalue weighted by Gasteiger charge is 2.09. The molecule has 0 bridgehead atoms. The minimum atomic E-state index is -1.06. The zero-order chi connectivity index (χ0) is 14.0. The van der Waals surface area contributed by atoms with Crippen molar-refractivity contribution >= 4 is 17.5 Å². The van der Waals surface area contributed by atoms with Crippen LogP contribution in [-0.4, -0.2) is 21.0 Å². The summed E-state index contributed by atoms with van der Waals surface area (Å²) in [6, 6.07) is 7.45. The molecule has 2 N–H and O–H groups in total. The number of aryl methyl sites for hydroxylation is 3. The first-order chi connectivity index (χ1) is 8.95. The summed E-state index contributed by atoms with van der Waals surface area (Å²) >= 11 is 0. The molecule has 0 unspecified atom stereocenters. The lowest BCUT2D eigenvalue weighted by Gasteiger charge is -2.10. The minimum Gasteiger partial charge on any atom is -0.477 e. The van der Waals surface area contributed by atoms with Gasteiger partial charge in [0.1, 0.15) is 11.6 Å². The average Bonchev–Trinajstić information content (AvgIpc) is 2.33. The molecule has 2 rings (SSSR count). The van der Waals surface area contributed by atoms with Gasteiger partial charge in [0, 0.05) is 11.8 Å². The average molecular weight is 257 g/mol. The van der Waals surface area contributed by atoms with E-state index in [1.807, 2.05) is 32.0 Å². The van der Waals surface area contributed by atoms with E-state index in [2.05, 4.69) is 15.3 Å². The van der Waals surface area contributed by atoms with Crippen LogP contribution in [0.3, 0.4) is 0 Å². The Balaban J connectivity index is 2.38. The molecule has 0 atom stereocenters. The monoisotopic (exact) mass is 257 g/mol. The number of carbonyl (C=O) groups is 1. The number of rotatable bonds is 3. The molecule has 1 aromatic carbocycles. The largest absolute Gasteiger partial charge is 0.477 e. The van der Waals surface area contributed by atoms with Gasteiger partial charge in [-0.15, -0.1) is 0 Å². The normalized spacial score (nSPS) is 10.3. The maximum Gasteiger partial charge on any atom is 0.354 e. The van der Waals surface area contributed by atoms with Gasteiger partial charge in [-0.3, -0.25) is 0 Å². The van der Waals surface area contributed by atoms with Crippen molar-refractivity contribution in [3.8, 4) is 0 Å². The number of carboxylic acid groups (broad SMARTS) is 1. The van der Waals surface area contributed by atoms with Crippen molar-refractivity contribution in [3.63, 3.8) is 0 Å². The van der Waals surface area contributed by atoms with Crippen LogP contribution < -0.4 is 5.32 Å².